The molecule has 6 nitrogen and oxygen atoms in total. The molecule has 0 saturated carbocycles. The average molecular weight is 276 g/mol. The lowest BCUT2D eigenvalue weighted by Crippen LogP contribution is -2.48. The van der Waals surface area contributed by atoms with Crippen LogP contribution in [0.4, 0.5) is 0 Å². The molecule has 0 bridgehead atoms. The number of carbonyl (C=O) groups excluding carboxylic acids is 2. The van der Waals surface area contributed by atoms with Crippen LogP contribution in [-0.4, -0.2) is 59.4 Å². The molecule has 1 saturated heterocycles. The summed E-state index contributed by atoms with van der Waals surface area (Å²) in [5, 5.41) is 9.09. The van der Waals surface area contributed by atoms with Crippen molar-refractivity contribution in [2.24, 2.45) is 0 Å². The Balaban J connectivity index is 2.02. The zero-order chi connectivity index (χ0) is 14.5. The maximum atomic E-state index is 12.2. The summed E-state index contributed by atoms with van der Waals surface area (Å²) in [5.41, 5.74) is 0.676. The third-order valence-electron chi connectivity index (χ3n) is 3.41. The van der Waals surface area contributed by atoms with E-state index < -0.39 is 5.97 Å². The van der Waals surface area contributed by atoms with Crippen molar-refractivity contribution in [2.45, 2.75) is 6.42 Å². The Hall–Kier alpha value is -2.37. The predicted molar refractivity (Wildman–Crippen MR) is 71.3 cm³/mol. The summed E-state index contributed by atoms with van der Waals surface area (Å²) >= 11 is 0. The third-order valence-corrected chi connectivity index (χ3v) is 3.41. The van der Waals surface area contributed by atoms with Gasteiger partial charge in [0.25, 0.3) is 0 Å². The van der Waals surface area contributed by atoms with Crippen molar-refractivity contribution in [3.63, 3.8) is 0 Å². The van der Waals surface area contributed by atoms with Crippen molar-refractivity contribution >= 4 is 18.3 Å². The topological polar surface area (TPSA) is 77.9 Å². The van der Waals surface area contributed by atoms with Crippen molar-refractivity contribution < 1.29 is 19.5 Å². The van der Waals surface area contributed by atoms with Crippen LogP contribution in [0.15, 0.2) is 24.3 Å². The molecule has 0 radical (unpaired) electrons. The van der Waals surface area contributed by atoms with Crippen molar-refractivity contribution in [3.05, 3.63) is 35.4 Å². The molecule has 2 amide bonds. The lowest BCUT2D eigenvalue weighted by molar-refractivity contribution is -0.134. The summed E-state index contributed by atoms with van der Waals surface area (Å²) in [6, 6.07) is 6.51. The summed E-state index contributed by atoms with van der Waals surface area (Å²) in [6.45, 7) is 2.03. The molecule has 1 aliphatic rings. The molecule has 0 atom stereocenters. The second kappa shape index (κ2) is 6.18. The highest BCUT2D eigenvalue weighted by atomic mass is 16.4. The highest BCUT2D eigenvalue weighted by Gasteiger charge is 2.21. The van der Waals surface area contributed by atoms with Crippen LogP contribution in [0.5, 0.6) is 0 Å². The molecule has 1 aromatic carbocycles. The van der Waals surface area contributed by atoms with Crippen LogP contribution in [0.3, 0.4) is 0 Å². The van der Waals surface area contributed by atoms with E-state index in [2.05, 4.69) is 0 Å². The van der Waals surface area contributed by atoms with Gasteiger partial charge in [-0.05, 0) is 11.6 Å². The highest BCUT2D eigenvalue weighted by molar-refractivity contribution is 5.91. The number of aromatic carboxylic acids is 1. The number of carbonyl (C=O) groups is 3. The predicted octanol–water partition coefficient (Wildman–Crippen LogP) is 0.228. The number of hydrogen-bond donors (Lipinski definition) is 1. The van der Waals surface area contributed by atoms with Crippen molar-refractivity contribution in [1.82, 2.24) is 9.80 Å². The van der Waals surface area contributed by atoms with Crippen LogP contribution in [0.1, 0.15) is 15.9 Å². The number of rotatable bonds is 4. The fraction of sp³-hybridized carbons (Fsp3) is 0.357. The molecule has 20 heavy (non-hydrogen) atoms. The first-order valence-corrected chi connectivity index (χ1v) is 6.40. The van der Waals surface area contributed by atoms with Gasteiger partial charge in [0.15, 0.2) is 0 Å². The zero-order valence-corrected chi connectivity index (χ0v) is 11.0. The van der Waals surface area contributed by atoms with E-state index in [4.69, 9.17) is 5.11 Å². The van der Waals surface area contributed by atoms with Gasteiger partial charge in [0.2, 0.25) is 12.3 Å². The standard InChI is InChI=1S/C14H16N2O4/c17-10-15-5-7-16(8-6-15)13(18)9-11-3-1-2-4-12(11)14(19)20/h1-4,10H,5-9H2,(H,19,20). The lowest BCUT2D eigenvalue weighted by atomic mass is 10.0. The molecule has 6 heteroatoms. The van der Waals surface area contributed by atoms with Gasteiger partial charge in [0.05, 0.1) is 12.0 Å². The van der Waals surface area contributed by atoms with E-state index in [1.54, 1.807) is 28.0 Å². The maximum Gasteiger partial charge on any atom is 0.335 e. The molecule has 1 aliphatic heterocycles. The van der Waals surface area contributed by atoms with Crippen molar-refractivity contribution in [2.75, 3.05) is 26.2 Å². The lowest BCUT2D eigenvalue weighted by Gasteiger charge is -2.32. The Bertz CT molecular complexity index is 522. The number of carboxylic acid groups (broad SMARTS) is 1. The van der Waals surface area contributed by atoms with E-state index in [0.29, 0.717) is 31.7 Å². The summed E-state index contributed by atoms with van der Waals surface area (Å²) < 4.78 is 0. The first-order valence-electron chi connectivity index (χ1n) is 6.40. The Morgan fingerprint density at radius 3 is 2.40 bits per heavy atom. The van der Waals surface area contributed by atoms with Gasteiger partial charge in [-0.3, -0.25) is 9.59 Å². The van der Waals surface area contributed by atoms with E-state index in [0.717, 1.165) is 6.41 Å². The third kappa shape index (κ3) is 3.14. The number of carboxylic acids is 1. The number of hydrogen-bond acceptors (Lipinski definition) is 3. The second-order valence-corrected chi connectivity index (χ2v) is 4.66. The van der Waals surface area contributed by atoms with E-state index in [1.165, 1.54) is 6.07 Å². The van der Waals surface area contributed by atoms with Gasteiger partial charge in [-0.2, -0.15) is 0 Å². The van der Waals surface area contributed by atoms with Gasteiger partial charge in [-0.1, -0.05) is 18.2 Å². The van der Waals surface area contributed by atoms with E-state index in [1.807, 2.05) is 0 Å². The normalized spacial score (nSPS) is 15.0. The average Bonchev–Trinajstić information content (AvgIpc) is 2.47. The molecule has 1 aromatic rings. The number of benzene rings is 1. The van der Waals surface area contributed by atoms with Gasteiger partial charge in [0, 0.05) is 26.2 Å². The zero-order valence-electron chi connectivity index (χ0n) is 11.0. The van der Waals surface area contributed by atoms with Crippen molar-refractivity contribution in [3.8, 4) is 0 Å². The van der Waals surface area contributed by atoms with Gasteiger partial charge in [-0.15, -0.1) is 0 Å². The van der Waals surface area contributed by atoms with Crippen LogP contribution in [0.2, 0.25) is 0 Å². The minimum Gasteiger partial charge on any atom is -0.478 e. The quantitative estimate of drug-likeness (QED) is 0.798. The van der Waals surface area contributed by atoms with E-state index in [-0.39, 0.29) is 17.9 Å². The van der Waals surface area contributed by atoms with Crippen LogP contribution >= 0.6 is 0 Å². The Morgan fingerprint density at radius 2 is 1.80 bits per heavy atom. The molecule has 1 N–H and O–H groups in total. The number of nitrogens with zero attached hydrogens (tertiary/aromatic N) is 2. The van der Waals surface area contributed by atoms with Gasteiger partial charge >= 0.3 is 5.97 Å². The van der Waals surface area contributed by atoms with Crippen LogP contribution in [0, 0.1) is 0 Å². The van der Waals surface area contributed by atoms with Crippen LogP contribution in [0.25, 0.3) is 0 Å². The van der Waals surface area contributed by atoms with Crippen LogP contribution in [-0.2, 0) is 16.0 Å². The molecule has 0 aromatic heterocycles. The molecule has 1 heterocycles. The second-order valence-electron chi connectivity index (χ2n) is 4.66. The van der Waals surface area contributed by atoms with Crippen molar-refractivity contribution in [1.29, 1.82) is 0 Å². The monoisotopic (exact) mass is 276 g/mol. The molecule has 0 aliphatic carbocycles. The van der Waals surface area contributed by atoms with Crippen LogP contribution < -0.4 is 0 Å². The number of amides is 2. The molecular formula is C14H16N2O4. The van der Waals surface area contributed by atoms with Gasteiger partial charge in [-0.25, -0.2) is 4.79 Å². The Labute approximate surface area is 116 Å². The fourth-order valence-corrected chi connectivity index (χ4v) is 2.23. The molecule has 0 spiro atoms. The summed E-state index contributed by atoms with van der Waals surface area (Å²) in [7, 11) is 0. The largest absolute Gasteiger partial charge is 0.478 e. The molecule has 1 fully saturated rings. The van der Waals surface area contributed by atoms with E-state index >= 15 is 0 Å². The number of piperazine rings is 1. The highest BCUT2D eigenvalue weighted by Crippen LogP contribution is 2.12. The minimum atomic E-state index is -1.03. The first-order chi connectivity index (χ1) is 9.61. The molecule has 0 unspecified atom stereocenters. The van der Waals surface area contributed by atoms with Gasteiger partial charge in [0.1, 0.15) is 0 Å². The Morgan fingerprint density at radius 1 is 1.15 bits per heavy atom. The molecule has 106 valence electrons. The summed E-state index contributed by atoms with van der Waals surface area (Å²) in [4.78, 5) is 37.1. The first kappa shape index (κ1) is 14.0. The molecule has 2 rings (SSSR count). The summed E-state index contributed by atoms with van der Waals surface area (Å²) in [6.07, 6.45) is 0.852. The fourth-order valence-electron chi connectivity index (χ4n) is 2.23. The SMILES string of the molecule is O=CN1CCN(C(=O)Cc2ccccc2C(=O)O)CC1. The Kier molecular flexibility index (Phi) is 4.34. The van der Waals surface area contributed by atoms with E-state index in [9.17, 15) is 14.4 Å². The smallest absolute Gasteiger partial charge is 0.335 e. The minimum absolute atomic E-state index is 0.0730. The summed E-state index contributed by atoms with van der Waals surface area (Å²) in [5.74, 6) is -1.14. The van der Waals surface area contributed by atoms with Gasteiger partial charge < -0.3 is 14.9 Å². The maximum absolute atomic E-state index is 12.2. The molecular weight excluding hydrogens is 260 g/mol.